The molecule has 0 spiro atoms. The zero-order valence-electron chi connectivity index (χ0n) is 27.5. The van der Waals surface area contributed by atoms with Crippen molar-refractivity contribution in [3.05, 3.63) is 168 Å². The van der Waals surface area contributed by atoms with E-state index in [1.54, 1.807) is 18.2 Å². The van der Waals surface area contributed by atoms with E-state index in [4.69, 9.17) is 0 Å². The number of hydrogen-bond donors (Lipinski definition) is 0. The van der Waals surface area contributed by atoms with E-state index in [1.807, 2.05) is 54.6 Å². The Bertz CT molecular complexity index is 2990. The molecule has 52 heavy (non-hydrogen) atoms. The molecular weight excluding hydrogens is 637 g/mol. The van der Waals surface area contributed by atoms with Crippen LogP contribution in [0.4, 0.5) is 0 Å². The highest BCUT2D eigenvalue weighted by molar-refractivity contribution is 6.11. The summed E-state index contributed by atoms with van der Waals surface area (Å²) >= 11 is 0. The fraction of sp³-hybridized carbons (Fsp3) is 0. The molecule has 238 valence electrons. The number of nitriles is 4. The molecule has 9 aromatic rings. The lowest BCUT2D eigenvalue weighted by atomic mass is 9.88. The summed E-state index contributed by atoms with van der Waals surface area (Å²) in [6, 6.07) is 56.7. The van der Waals surface area contributed by atoms with E-state index in [2.05, 4.69) is 106 Å². The molecule has 0 N–H and O–H groups in total. The van der Waals surface area contributed by atoms with Crippen molar-refractivity contribution in [3.8, 4) is 57.9 Å². The summed E-state index contributed by atoms with van der Waals surface area (Å²) in [5.41, 5.74) is 10.7. The Labute approximate surface area is 298 Å². The Kier molecular flexibility index (Phi) is 6.91. The van der Waals surface area contributed by atoms with E-state index in [1.165, 1.54) is 10.8 Å². The number of para-hydroxylation sites is 3. The molecule has 0 amide bonds. The summed E-state index contributed by atoms with van der Waals surface area (Å²) in [4.78, 5) is 0. The Morgan fingerprint density at radius 3 is 1.50 bits per heavy atom. The van der Waals surface area contributed by atoms with Crippen LogP contribution in [0.2, 0.25) is 0 Å². The van der Waals surface area contributed by atoms with Crippen molar-refractivity contribution in [3.63, 3.8) is 0 Å². The fourth-order valence-corrected chi connectivity index (χ4v) is 7.61. The molecule has 0 radical (unpaired) electrons. The normalized spacial score (nSPS) is 11.0. The van der Waals surface area contributed by atoms with Gasteiger partial charge in [-0.25, -0.2) is 0 Å². The minimum Gasteiger partial charge on any atom is -0.309 e. The van der Waals surface area contributed by atoms with Crippen LogP contribution in [0.1, 0.15) is 22.3 Å². The minimum atomic E-state index is 0.382. The number of nitrogens with zero attached hydrogens (tertiary/aromatic N) is 6. The predicted octanol–water partition coefficient (Wildman–Crippen LogP) is 10.7. The van der Waals surface area contributed by atoms with Gasteiger partial charge in [0.15, 0.2) is 0 Å². The molecule has 2 heterocycles. The van der Waals surface area contributed by atoms with Gasteiger partial charge in [-0.2, -0.15) is 21.0 Å². The van der Waals surface area contributed by atoms with Crippen LogP contribution in [-0.4, -0.2) is 9.13 Å². The number of benzene rings is 7. The van der Waals surface area contributed by atoms with Gasteiger partial charge in [0, 0.05) is 38.4 Å². The average molecular weight is 661 g/mol. The zero-order chi connectivity index (χ0) is 35.3. The topological polar surface area (TPSA) is 105 Å². The Morgan fingerprint density at radius 1 is 0.385 bits per heavy atom. The molecule has 6 heteroatoms. The van der Waals surface area contributed by atoms with Gasteiger partial charge in [-0.3, -0.25) is 0 Å². The second kappa shape index (κ2) is 11.9. The smallest absolute Gasteiger partial charge is 0.0998 e. The summed E-state index contributed by atoms with van der Waals surface area (Å²) < 4.78 is 4.38. The number of rotatable bonds is 4. The van der Waals surface area contributed by atoms with E-state index >= 15 is 0 Å². The lowest BCUT2D eigenvalue weighted by Gasteiger charge is -2.19. The predicted molar refractivity (Wildman–Crippen MR) is 205 cm³/mol. The molecule has 9 rings (SSSR count). The van der Waals surface area contributed by atoms with Crippen LogP contribution in [0.3, 0.4) is 0 Å². The molecule has 2 aromatic heterocycles. The number of hydrogen-bond acceptors (Lipinski definition) is 4. The number of fused-ring (bicyclic) bond motifs is 6. The highest BCUT2D eigenvalue weighted by Gasteiger charge is 2.22. The third-order valence-electron chi connectivity index (χ3n) is 9.84. The second-order valence-corrected chi connectivity index (χ2v) is 12.6. The molecule has 7 aromatic carbocycles. The van der Waals surface area contributed by atoms with Crippen LogP contribution in [0.5, 0.6) is 0 Å². The lowest BCUT2D eigenvalue weighted by molar-refractivity contribution is 1.18. The molecule has 0 unspecified atom stereocenters. The summed E-state index contributed by atoms with van der Waals surface area (Å²) in [6.45, 7) is 0. The van der Waals surface area contributed by atoms with Gasteiger partial charge in [-0.1, -0.05) is 66.7 Å². The van der Waals surface area contributed by atoms with Crippen LogP contribution in [0.15, 0.2) is 146 Å². The third kappa shape index (κ3) is 4.54. The maximum atomic E-state index is 10.6. The number of aromatic nitrogens is 2. The Hall–Kier alpha value is -7.90. The molecule has 0 fully saturated rings. The summed E-state index contributed by atoms with van der Waals surface area (Å²) in [7, 11) is 0. The van der Waals surface area contributed by atoms with E-state index in [9.17, 15) is 21.0 Å². The molecule has 0 bridgehead atoms. The summed E-state index contributed by atoms with van der Waals surface area (Å²) in [6.07, 6.45) is 0. The van der Waals surface area contributed by atoms with Crippen molar-refractivity contribution >= 4 is 43.6 Å². The van der Waals surface area contributed by atoms with E-state index < -0.39 is 0 Å². The third-order valence-corrected chi connectivity index (χ3v) is 9.84. The van der Waals surface area contributed by atoms with Crippen molar-refractivity contribution in [2.45, 2.75) is 0 Å². The van der Waals surface area contributed by atoms with Gasteiger partial charge in [0.25, 0.3) is 0 Å². The van der Waals surface area contributed by atoms with Crippen LogP contribution in [-0.2, 0) is 0 Å². The highest BCUT2D eigenvalue weighted by atomic mass is 15.0. The lowest BCUT2D eigenvalue weighted by Crippen LogP contribution is -2.00. The molecule has 0 aliphatic heterocycles. The van der Waals surface area contributed by atoms with Gasteiger partial charge < -0.3 is 9.13 Å². The first-order chi connectivity index (χ1) is 25.6. The van der Waals surface area contributed by atoms with Crippen LogP contribution < -0.4 is 0 Å². The quantitative estimate of drug-likeness (QED) is 0.187. The zero-order valence-corrected chi connectivity index (χ0v) is 27.5. The van der Waals surface area contributed by atoms with E-state index in [0.717, 1.165) is 60.9 Å². The first-order valence-electron chi connectivity index (χ1n) is 16.7. The van der Waals surface area contributed by atoms with Crippen molar-refractivity contribution in [2.24, 2.45) is 0 Å². The monoisotopic (exact) mass is 660 g/mol. The van der Waals surface area contributed by atoms with Crippen molar-refractivity contribution in [1.29, 1.82) is 21.0 Å². The molecular formula is C46H24N6. The summed E-state index contributed by atoms with van der Waals surface area (Å²) in [5, 5.41) is 44.2. The Balaban J connectivity index is 1.28. The van der Waals surface area contributed by atoms with Gasteiger partial charge in [-0.15, -0.1) is 0 Å². The largest absolute Gasteiger partial charge is 0.309 e. The van der Waals surface area contributed by atoms with Crippen LogP contribution in [0.25, 0.3) is 77.2 Å². The van der Waals surface area contributed by atoms with Gasteiger partial charge in [-0.05, 0) is 90.0 Å². The van der Waals surface area contributed by atoms with E-state index in [-0.39, 0.29) is 0 Å². The fourth-order valence-electron chi connectivity index (χ4n) is 7.61. The van der Waals surface area contributed by atoms with Crippen LogP contribution in [0, 0.1) is 45.3 Å². The SMILES string of the molecule is N#Cc1cc(C#N)c(-c2ccccc2-n2c3ccc(C#N)cc3c3cc(C#N)ccc32)c(-c2ccc(-n3c4ccccc4c4ccccc43)cc2)c1. The van der Waals surface area contributed by atoms with Crippen LogP contribution >= 0.6 is 0 Å². The van der Waals surface area contributed by atoms with Crippen molar-refractivity contribution in [2.75, 3.05) is 0 Å². The maximum absolute atomic E-state index is 10.6. The molecule has 0 aliphatic carbocycles. The molecule has 0 aliphatic rings. The van der Waals surface area contributed by atoms with E-state index in [0.29, 0.717) is 27.8 Å². The second-order valence-electron chi connectivity index (χ2n) is 12.6. The minimum absolute atomic E-state index is 0.382. The molecule has 6 nitrogen and oxygen atoms in total. The van der Waals surface area contributed by atoms with Crippen molar-refractivity contribution in [1.82, 2.24) is 9.13 Å². The average Bonchev–Trinajstić information content (AvgIpc) is 3.72. The first kappa shape index (κ1) is 30.2. The van der Waals surface area contributed by atoms with Gasteiger partial charge in [0.1, 0.15) is 0 Å². The van der Waals surface area contributed by atoms with Gasteiger partial charge in [0.05, 0.1) is 74.3 Å². The summed E-state index contributed by atoms with van der Waals surface area (Å²) in [5.74, 6) is 0. The highest BCUT2D eigenvalue weighted by Crippen LogP contribution is 2.42. The van der Waals surface area contributed by atoms with Gasteiger partial charge >= 0.3 is 0 Å². The molecule has 0 saturated carbocycles. The first-order valence-corrected chi connectivity index (χ1v) is 16.7. The standard InChI is InChI=1S/C46H24N6/c47-25-29-13-19-44-39(22-29)40-23-30(26-48)14-20-45(40)52(44)43-12-6-3-9-37(43)46-33(28-50)21-31(27-49)24-38(46)32-15-17-34(18-16-32)51-41-10-4-1-7-35(41)36-8-2-5-11-42(36)51/h1-24H. The molecule has 0 atom stereocenters. The maximum Gasteiger partial charge on any atom is 0.0998 e. The van der Waals surface area contributed by atoms with Gasteiger partial charge in [0.2, 0.25) is 0 Å². The molecule has 0 saturated heterocycles. The van der Waals surface area contributed by atoms with Crippen molar-refractivity contribution < 1.29 is 0 Å². The Morgan fingerprint density at radius 2 is 0.923 bits per heavy atom.